The molecule has 0 aromatic heterocycles. The molecule has 0 heterocycles. The molecule has 12 saturated carbocycles. The second-order valence-electron chi connectivity index (χ2n) is 21.8. The number of hydrogen-bond donors (Lipinski definition) is 0. The molecule has 12 rings (SSSR count). The monoisotopic (exact) mass is 785 g/mol. The third kappa shape index (κ3) is 7.03. The Bertz CT molecular complexity index is 1560. The Morgan fingerprint density at radius 1 is 0.509 bits per heavy atom. The molecule has 0 aromatic carbocycles. The van der Waals surface area contributed by atoms with Gasteiger partial charge in [-0.25, -0.2) is 14.4 Å². The van der Waals surface area contributed by atoms with E-state index in [1.54, 1.807) is 20.8 Å². The maximum Gasteiger partial charge on any atom is 0.333 e. The van der Waals surface area contributed by atoms with Crippen molar-refractivity contribution in [1.29, 1.82) is 0 Å². The zero-order valence-corrected chi connectivity index (χ0v) is 36.6. The van der Waals surface area contributed by atoms with Gasteiger partial charge < -0.3 is 14.2 Å². The van der Waals surface area contributed by atoms with E-state index < -0.39 is 0 Å². The number of fused-ring (bicyclic) bond motifs is 9. The van der Waals surface area contributed by atoms with E-state index in [0.29, 0.717) is 46.3 Å². The lowest BCUT2D eigenvalue weighted by molar-refractivity contribution is -0.208. The molecule has 316 valence electrons. The van der Waals surface area contributed by atoms with Crippen LogP contribution in [0.3, 0.4) is 0 Å². The molecule has 0 spiro atoms. The molecular formula is C51H76O6. The summed E-state index contributed by atoms with van der Waals surface area (Å²) in [6.45, 7) is 23.1. The summed E-state index contributed by atoms with van der Waals surface area (Å²) >= 11 is 0. The Balaban J connectivity index is 0.000000120. The van der Waals surface area contributed by atoms with Crippen molar-refractivity contribution in [3.8, 4) is 0 Å². The summed E-state index contributed by atoms with van der Waals surface area (Å²) in [5.74, 6) is 10.9. The van der Waals surface area contributed by atoms with Crippen LogP contribution in [0.15, 0.2) is 36.5 Å². The van der Waals surface area contributed by atoms with Gasteiger partial charge in [0.05, 0.1) is 0 Å². The van der Waals surface area contributed by atoms with Gasteiger partial charge in [0.15, 0.2) is 0 Å². The molecule has 7 unspecified atom stereocenters. The molecule has 6 nitrogen and oxygen atoms in total. The quantitative estimate of drug-likeness (QED) is 0.0950. The molecule has 0 aliphatic heterocycles. The first-order chi connectivity index (χ1) is 27.1. The topological polar surface area (TPSA) is 78.9 Å². The smallest absolute Gasteiger partial charge is 0.333 e. The molecule has 12 aliphatic carbocycles. The molecule has 12 bridgehead atoms. The van der Waals surface area contributed by atoms with Gasteiger partial charge in [0.2, 0.25) is 0 Å². The molecule has 0 amide bonds. The number of hydrogen-bond acceptors (Lipinski definition) is 6. The van der Waals surface area contributed by atoms with Gasteiger partial charge in [-0.1, -0.05) is 46.9 Å². The van der Waals surface area contributed by atoms with E-state index in [4.69, 9.17) is 14.2 Å². The molecule has 0 saturated heterocycles. The standard InChI is InChI=1S/C18H26O2.C17H26O2.C16H24O2/c1-4-18(20-17(19)10(2)3)9-13-8-14(18)16-12-6-5-11(7-12)15(13)16;1-4-5-17(19-16(18)11(2)3)14-7-12-6-13(9-14)10-15(17)8-12;1-4-16(18-15(17)10(2)3)13-6-11-5-12(8-13)9-14(16)7-11/h11-16H,2,4-9H2,1,3H3;12-15H,2,4-10H2,1,3H3;11-14H,2,4-9H2,1,3H3. The lowest BCUT2D eigenvalue weighted by Gasteiger charge is -2.60. The molecule has 12 fully saturated rings. The van der Waals surface area contributed by atoms with Crippen LogP contribution in [0.5, 0.6) is 0 Å². The van der Waals surface area contributed by atoms with E-state index >= 15 is 0 Å². The van der Waals surface area contributed by atoms with Crippen LogP contribution in [0.2, 0.25) is 0 Å². The second kappa shape index (κ2) is 15.6. The zero-order chi connectivity index (χ0) is 40.6. The molecule has 7 atom stereocenters. The minimum Gasteiger partial charge on any atom is -0.455 e. The van der Waals surface area contributed by atoms with Gasteiger partial charge >= 0.3 is 17.9 Å². The first kappa shape index (κ1) is 41.4. The van der Waals surface area contributed by atoms with Crippen molar-refractivity contribution in [2.45, 2.75) is 180 Å². The SMILES string of the molecule is C=C(C)C(=O)OC1(CC)C2CC3CC(C2)CC1C3.C=C(C)C(=O)OC1(CC)CC2CC1C1C3CCC(C3)C21.C=C(C)C(=O)OC1(CCC)C2CC3CC(C2)CC1C3. The molecular weight excluding hydrogens is 709 g/mol. The van der Waals surface area contributed by atoms with E-state index in [1.165, 1.54) is 89.9 Å². The Morgan fingerprint density at radius 2 is 0.930 bits per heavy atom. The largest absolute Gasteiger partial charge is 0.455 e. The van der Waals surface area contributed by atoms with Gasteiger partial charge in [-0.15, -0.1) is 0 Å². The fourth-order valence-corrected chi connectivity index (χ4v) is 16.9. The van der Waals surface area contributed by atoms with Crippen molar-refractivity contribution in [2.75, 3.05) is 0 Å². The second-order valence-corrected chi connectivity index (χ2v) is 21.8. The summed E-state index contributed by atoms with van der Waals surface area (Å²) in [7, 11) is 0. The van der Waals surface area contributed by atoms with Crippen molar-refractivity contribution >= 4 is 17.9 Å². The van der Waals surface area contributed by atoms with Crippen molar-refractivity contribution in [3.05, 3.63) is 36.5 Å². The van der Waals surface area contributed by atoms with Gasteiger partial charge in [-0.05, 0) is 213 Å². The summed E-state index contributed by atoms with van der Waals surface area (Å²) in [5, 5.41) is 0. The van der Waals surface area contributed by atoms with Crippen LogP contribution < -0.4 is 0 Å². The highest BCUT2D eigenvalue weighted by molar-refractivity contribution is 5.88. The van der Waals surface area contributed by atoms with Crippen LogP contribution in [0.4, 0.5) is 0 Å². The van der Waals surface area contributed by atoms with E-state index in [0.717, 1.165) is 85.4 Å². The van der Waals surface area contributed by atoms with Crippen LogP contribution >= 0.6 is 0 Å². The van der Waals surface area contributed by atoms with Gasteiger partial charge in [-0.2, -0.15) is 0 Å². The normalized spacial score (nSPS) is 46.6. The lowest BCUT2D eigenvalue weighted by Crippen LogP contribution is -2.59. The lowest BCUT2D eigenvalue weighted by atomic mass is 9.49. The molecule has 0 N–H and O–H groups in total. The van der Waals surface area contributed by atoms with Crippen molar-refractivity contribution in [3.63, 3.8) is 0 Å². The molecule has 0 aromatic rings. The Labute approximate surface area is 345 Å². The molecule has 0 radical (unpaired) electrons. The maximum absolute atomic E-state index is 12.1. The molecule has 12 aliphatic rings. The van der Waals surface area contributed by atoms with Crippen LogP contribution in [-0.2, 0) is 28.6 Å². The Morgan fingerprint density at radius 3 is 1.35 bits per heavy atom. The zero-order valence-electron chi connectivity index (χ0n) is 36.6. The summed E-state index contributed by atoms with van der Waals surface area (Å²) in [6, 6.07) is 0. The van der Waals surface area contributed by atoms with Crippen LogP contribution in [0, 0.1) is 82.9 Å². The Kier molecular flexibility index (Phi) is 11.3. The number of carbonyl (C=O) groups is 3. The maximum atomic E-state index is 12.1. The number of ether oxygens (including phenoxy) is 3. The van der Waals surface area contributed by atoms with Crippen molar-refractivity contribution < 1.29 is 28.6 Å². The predicted molar refractivity (Wildman–Crippen MR) is 225 cm³/mol. The van der Waals surface area contributed by atoms with E-state index in [-0.39, 0.29) is 34.7 Å². The van der Waals surface area contributed by atoms with Crippen molar-refractivity contribution in [2.24, 2.45) is 82.9 Å². The van der Waals surface area contributed by atoms with Gasteiger partial charge in [0.1, 0.15) is 16.8 Å². The average Bonchev–Trinajstić information content (AvgIpc) is 3.96. The fourth-order valence-electron chi connectivity index (χ4n) is 16.9. The molecule has 57 heavy (non-hydrogen) atoms. The number of carbonyl (C=O) groups excluding carboxylic acids is 3. The number of esters is 3. The van der Waals surface area contributed by atoms with Crippen LogP contribution in [0.25, 0.3) is 0 Å². The highest BCUT2D eigenvalue weighted by Crippen LogP contribution is 2.71. The van der Waals surface area contributed by atoms with Gasteiger partial charge in [0, 0.05) is 22.6 Å². The van der Waals surface area contributed by atoms with E-state index in [9.17, 15) is 14.4 Å². The average molecular weight is 785 g/mol. The highest BCUT2D eigenvalue weighted by Gasteiger charge is 2.68. The predicted octanol–water partition coefficient (Wildman–Crippen LogP) is 11.8. The van der Waals surface area contributed by atoms with Gasteiger partial charge in [-0.3, -0.25) is 0 Å². The first-order valence-electron chi connectivity index (χ1n) is 23.8. The van der Waals surface area contributed by atoms with Crippen LogP contribution in [0.1, 0.15) is 164 Å². The highest BCUT2D eigenvalue weighted by atomic mass is 16.6. The van der Waals surface area contributed by atoms with Gasteiger partial charge in [0.25, 0.3) is 0 Å². The van der Waals surface area contributed by atoms with Crippen LogP contribution in [-0.4, -0.2) is 34.7 Å². The van der Waals surface area contributed by atoms with E-state index in [1.807, 2.05) is 0 Å². The van der Waals surface area contributed by atoms with Crippen molar-refractivity contribution in [1.82, 2.24) is 0 Å². The molecule has 6 heteroatoms. The Hall–Kier alpha value is -2.37. The summed E-state index contributed by atoms with van der Waals surface area (Å²) in [5.41, 5.74) is 1.15. The summed E-state index contributed by atoms with van der Waals surface area (Å²) in [6.07, 6.45) is 24.1. The minimum atomic E-state index is -0.177. The fraction of sp³-hybridized carbons (Fsp3) is 0.824. The summed E-state index contributed by atoms with van der Waals surface area (Å²) in [4.78, 5) is 36.1. The number of rotatable bonds is 10. The third-order valence-electron chi connectivity index (χ3n) is 18.6. The first-order valence-corrected chi connectivity index (χ1v) is 23.8. The minimum absolute atomic E-state index is 0.155. The summed E-state index contributed by atoms with van der Waals surface area (Å²) < 4.78 is 18.1. The van der Waals surface area contributed by atoms with E-state index in [2.05, 4.69) is 40.5 Å². The third-order valence-corrected chi connectivity index (χ3v) is 18.6.